The molecule has 0 fully saturated rings. The SMILES string of the molecule is Cc1ccc(NC(=O)CSc2nc3ccsc3c(=O)n2CC(C)C)c(C)c1. The number of thiophene rings is 1. The number of nitrogens with zero attached hydrogens (tertiary/aromatic N) is 2. The highest BCUT2D eigenvalue weighted by Gasteiger charge is 2.15. The summed E-state index contributed by atoms with van der Waals surface area (Å²) in [6, 6.07) is 7.77. The summed E-state index contributed by atoms with van der Waals surface area (Å²) in [5.74, 6) is 0.404. The molecule has 1 N–H and O–H groups in total. The van der Waals surface area contributed by atoms with Crippen molar-refractivity contribution in [1.29, 1.82) is 0 Å². The highest BCUT2D eigenvalue weighted by molar-refractivity contribution is 7.99. The number of carbonyl (C=O) groups is 1. The predicted octanol–water partition coefficient (Wildman–Crippen LogP) is 4.46. The number of fused-ring (bicyclic) bond motifs is 1. The van der Waals surface area contributed by atoms with E-state index in [0.29, 0.717) is 27.8 Å². The third kappa shape index (κ3) is 4.59. The number of amides is 1. The number of anilines is 1. The number of hydrogen-bond acceptors (Lipinski definition) is 5. The van der Waals surface area contributed by atoms with Crippen LogP contribution in [0.3, 0.4) is 0 Å². The van der Waals surface area contributed by atoms with E-state index in [1.165, 1.54) is 23.1 Å². The molecule has 142 valence electrons. The standard InChI is InChI=1S/C20H23N3O2S2/c1-12(2)10-23-19(25)18-16(7-8-26-18)22-20(23)27-11-17(24)21-15-6-5-13(3)9-14(15)4/h5-9,12H,10-11H2,1-4H3,(H,21,24). The molecule has 1 amide bonds. The van der Waals surface area contributed by atoms with Crippen molar-refractivity contribution in [2.24, 2.45) is 5.92 Å². The third-order valence-corrected chi connectivity index (χ3v) is 5.93. The summed E-state index contributed by atoms with van der Waals surface area (Å²) in [5, 5.41) is 5.41. The molecule has 3 rings (SSSR count). The summed E-state index contributed by atoms with van der Waals surface area (Å²) in [4.78, 5) is 29.8. The van der Waals surface area contributed by atoms with Gasteiger partial charge in [-0.05, 0) is 42.8 Å². The minimum absolute atomic E-state index is 0.0269. The molecule has 27 heavy (non-hydrogen) atoms. The second kappa shape index (κ2) is 8.27. The van der Waals surface area contributed by atoms with E-state index in [4.69, 9.17) is 0 Å². The Labute approximate surface area is 166 Å². The van der Waals surface area contributed by atoms with Crippen molar-refractivity contribution in [3.8, 4) is 0 Å². The largest absolute Gasteiger partial charge is 0.325 e. The van der Waals surface area contributed by atoms with Gasteiger partial charge in [-0.1, -0.05) is 43.3 Å². The van der Waals surface area contributed by atoms with Crippen molar-refractivity contribution >= 4 is 44.9 Å². The van der Waals surface area contributed by atoms with Crippen molar-refractivity contribution in [2.75, 3.05) is 11.1 Å². The Morgan fingerprint density at radius 1 is 1.30 bits per heavy atom. The average molecular weight is 402 g/mol. The zero-order valence-corrected chi connectivity index (χ0v) is 17.5. The molecule has 0 atom stereocenters. The maximum atomic E-state index is 12.8. The first kappa shape index (κ1) is 19.6. The molecule has 0 spiro atoms. The van der Waals surface area contributed by atoms with Crippen LogP contribution >= 0.6 is 23.1 Å². The zero-order valence-electron chi connectivity index (χ0n) is 15.9. The number of carbonyl (C=O) groups excluding carboxylic acids is 1. The van der Waals surface area contributed by atoms with Crippen molar-refractivity contribution < 1.29 is 4.79 Å². The Balaban J connectivity index is 1.79. The second-order valence-corrected chi connectivity index (χ2v) is 8.85. The van der Waals surface area contributed by atoms with E-state index < -0.39 is 0 Å². The van der Waals surface area contributed by atoms with Crippen molar-refractivity contribution in [3.05, 3.63) is 51.1 Å². The summed E-state index contributed by atoms with van der Waals surface area (Å²) < 4.78 is 2.36. The fourth-order valence-corrected chi connectivity index (χ4v) is 4.42. The van der Waals surface area contributed by atoms with Gasteiger partial charge in [-0.2, -0.15) is 0 Å². The van der Waals surface area contributed by atoms with Crippen LogP contribution < -0.4 is 10.9 Å². The van der Waals surface area contributed by atoms with Gasteiger partial charge in [0, 0.05) is 12.2 Å². The number of nitrogens with one attached hydrogen (secondary N) is 1. The molecular formula is C20H23N3O2S2. The van der Waals surface area contributed by atoms with E-state index in [1.54, 1.807) is 4.57 Å². The number of benzene rings is 1. The van der Waals surface area contributed by atoms with Gasteiger partial charge < -0.3 is 5.32 Å². The van der Waals surface area contributed by atoms with Gasteiger partial charge >= 0.3 is 0 Å². The highest BCUT2D eigenvalue weighted by atomic mass is 32.2. The Morgan fingerprint density at radius 3 is 2.78 bits per heavy atom. The lowest BCUT2D eigenvalue weighted by Crippen LogP contribution is -2.25. The predicted molar refractivity (Wildman–Crippen MR) is 114 cm³/mol. The Kier molecular flexibility index (Phi) is 6.01. The van der Waals surface area contributed by atoms with Gasteiger partial charge in [0.05, 0.1) is 11.3 Å². The minimum Gasteiger partial charge on any atom is -0.325 e. The van der Waals surface area contributed by atoms with Crippen molar-refractivity contribution in [3.63, 3.8) is 0 Å². The quantitative estimate of drug-likeness (QED) is 0.489. The molecule has 0 bridgehead atoms. The van der Waals surface area contributed by atoms with E-state index in [1.807, 2.05) is 43.5 Å². The van der Waals surface area contributed by atoms with Gasteiger partial charge in [-0.3, -0.25) is 14.2 Å². The summed E-state index contributed by atoms with van der Waals surface area (Å²) in [6.45, 7) is 8.70. The lowest BCUT2D eigenvalue weighted by atomic mass is 10.1. The van der Waals surface area contributed by atoms with Gasteiger partial charge in [-0.25, -0.2) is 4.98 Å². The topological polar surface area (TPSA) is 64.0 Å². The van der Waals surface area contributed by atoms with E-state index in [2.05, 4.69) is 24.1 Å². The maximum Gasteiger partial charge on any atom is 0.272 e. The Hall–Kier alpha value is -2.12. The zero-order chi connectivity index (χ0) is 19.6. The first-order valence-electron chi connectivity index (χ1n) is 8.83. The molecule has 0 aliphatic rings. The van der Waals surface area contributed by atoms with E-state index in [9.17, 15) is 9.59 Å². The number of thioether (sulfide) groups is 1. The molecule has 0 saturated carbocycles. The molecule has 0 saturated heterocycles. The molecule has 0 aliphatic carbocycles. The van der Waals surface area contributed by atoms with Crippen LogP contribution in [0.1, 0.15) is 25.0 Å². The second-order valence-electron chi connectivity index (χ2n) is 6.99. The molecule has 5 nitrogen and oxygen atoms in total. The fraction of sp³-hybridized carbons (Fsp3) is 0.350. The Bertz CT molecular complexity index is 1040. The van der Waals surface area contributed by atoms with Gasteiger partial charge in [0.2, 0.25) is 5.91 Å². The van der Waals surface area contributed by atoms with Crippen LogP contribution in [0.2, 0.25) is 0 Å². The lowest BCUT2D eigenvalue weighted by Gasteiger charge is -2.14. The molecule has 2 heterocycles. The smallest absolute Gasteiger partial charge is 0.272 e. The van der Waals surface area contributed by atoms with Crippen LogP contribution in [0.15, 0.2) is 39.6 Å². The van der Waals surface area contributed by atoms with E-state index >= 15 is 0 Å². The molecule has 2 aromatic heterocycles. The first-order chi connectivity index (χ1) is 12.8. The third-order valence-electron chi connectivity index (χ3n) is 4.07. The summed E-state index contributed by atoms with van der Waals surface area (Å²) >= 11 is 2.71. The highest BCUT2D eigenvalue weighted by Crippen LogP contribution is 2.22. The van der Waals surface area contributed by atoms with Gasteiger partial charge in [0.1, 0.15) is 4.70 Å². The lowest BCUT2D eigenvalue weighted by molar-refractivity contribution is -0.113. The molecule has 0 aliphatic heterocycles. The van der Waals surface area contributed by atoms with Crippen LogP contribution in [0.4, 0.5) is 5.69 Å². The van der Waals surface area contributed by atoms with Crippen molar-refractivity contribution in [1.82, 2.24) is 9.55 Å². The van der Waals surface area contributed by atoms with Crippen molar-refractivity contribution in [2.45, 2.75) is 39.4 Å². The normalized spacial score (nSPS) is 11.3. The monoisotopic (exact) mass is 401 g/mol. The number of hydrogen-bond donors (Lipinski definition) is 1. The number of aromatic nitrogens is 2. The molecule has 0 radical (unpaired) electrons. The van der Waals surface area contributed by atoms with Crippen LogP contribution in [0, 0.1) is 19.8 Å². The molecule has 0 unspecified atom stereocenters. The summed E-state index contributed by atoms with van der Waals surface area (Å²) in [6.07, 6.45) is 0. The molecule has 7 heteroatoms. The summed E-state index contributed by atoms with van der Waals surface area (Å²) in [5.41, 5.74) is 3.67. The van der Waals surface area contributed by atoms with Gasteiger partial charge in [0.25, 0.3) is 5.56 Å². The van der Waals surface area contributed by atoms with Gasteiger partial charge in [0.15, 0.2) is 5.16 Å². The first-order valence-corrected chi connectivity index (χ1v) is 10.7. The maximum absolute atomic E-state index is 12.8. The molecule has 3 aromatic rings. The molecule has 1 aromatic carbocycles. The van der Waals surface area contributed by atoms with Crippen LogP contribution in [0.5, 0.6) is 0 Å². The molecular weight excluding hydrogens is 378 g/mol. The van der Waals surface area contributed by atoms with Gasteiger partial charge in [-0.15, -0.1) is 11.3 Å². The average Bonchev–Trinajstić information content (AvgIpc) is 3.07. The fourth-order valence-electron chi connectivity index (χ4n) is 2.83. The minimum atomic E-state index is -0.109. The van der Waals surface area contributed by atoms with Crippen LogP contribution in [0.25, 0.3) is 10.2 Å². The van der Waals surface area contributed by atoms with E-state index in [0.717, 1.165) is 16.8 Å². The number of aryl methyl sites for hydroxylation is 2. The van der Waals surface area contributed by atoms with Crippen LogP contribution in [-0.4, -0.2) is 21.2 Å². The number of rotatable bonds is 6. The van der Waals surface area contributed by atoms with Crippen LogP contribution in [-0.2, 0) is 11.3 Å². The summed E-state index contributed by atoms with van der Waals surface area (Å²) in [7, 11) is 0. The Morgan fingerprint density at radius 2 is 2.07 bits per heavy atom. The van der Waals surface area contributed by atoms with E-state index in [-0.39, 0.29) is 17.2 Å².